The van der Waals surface area contributed by atoms with Crippen molar-refractivity contribution in [2.75, 3.05) is 19.6 Å². The largest absolute Gasteiger partial charge is 0.338 e. The van der Waals surface area contributed by atoms with Crippen LogP contribution >= 0.6 is 12.4 Å². The second kappa shape index (κ2) is 7.59. The van der Waals surface area contributed by atoms with Crippen LogP contribution < -0.4 is 5.73 Å². The summed E-state index contributed by atoms with van der Waals surface area (Å²) in [4.78, 5) is 15.1. The summed E-state index contributed by atoms with van der Waals surface area (Å²) in [7, 11) is 0. The summed E-state index contributed by atoms with van der Waals surface area (Å²) in [6, 6.07) is 16.7. The Hall–Kier alpha value is -1.84. The molecule has 1 saturated heterocycles. The summed E-state index contributed by atoms with van der Waals surface area (Å²) < 4.78 is 0. The van der Waals surface area contributed by atoms with Crippen molar-refractivity contribution >= 4 is 18.3 Å². The van der Waals surface area contributed by atoms with Gasteiger partial charge < -0.3 is 10.6 Å². The highest BCUT2D eigenvalue weighted by molar-refractivity contribution is 5.96. The van der Waals surface area contributed by atoms with Gasteiger partial charge in [0.25, 0.3) is 5.91 Å². The minimum absolute atomic E-state index is 0. The smallest absolute Gasteiger partial charge is 0.254 e. The molecule has 4 heteroatoms. The molecular weight excluding hydrogens is 332 g/mol. The molecule has 1 amide bonds. The van der Waals surface area contributed by atoms with Gasteiger partial charge >= 0.3 is 0 Å². The predicted molar refractivity (Wildman–Crippen MR) is 103 cm³/mol. The summed E-state index contributed by atoms with van der Waals surface area (Å²) >= 11 is 0. The van der Waals surface area contributed by atoms with Crippen molar-refractivity contribution in [2.24, 2.45) is 11.7 Å². The second-order valence-corrected chi connectivity index (χ2v) is 7.02. The highest BCUT2D eigenvalue weighted by atomic mass is 35.5. The van der Waals surface area contributed by atoms with Gasteiger partial charge in [0.2, 0.25) is 0 Å². The molecule has 2 aliphatic rings. The lowest BCUT2D eigenvalue weighted by Gasteiger charge is -2.18. The van der Waals surface area contributed by atoms with E-state index < -0.39 is 0 Å². The lowest BCUT2D eigenvalue weighted by molar-refractivity contribution is 0.0785. The number of benzene rings is 2. The molecule has 2 aromatic carbocycles. The molecule has 2 aromatic rings. The fourth-order valence-electron chi connectivity index (χ4n) is 4.34. The van der Waals surface area contributed by atoms with E-state index in [9.17, 15) is 4.79 Å². The van der Waals surface area contributed by atoms with Gasteiger partial charge in [-0.1, -0.05) is 42.5 Å². The van der Waals surface area contributed by atoms with Crippen LogP contribution in [0.2, 0.25) is 0 Å². The molecule has 0 spiro atoms. The molecule has 4 rings (SSSR count). The van der Waals surface area contributed by atoms with Gasteiger partial charge in [-0.2, -0.15) is 0 Å². The monoisotopic (exact) mass is 356 g/mol. The van der Waals surface area contributed by atoms with Gasteiger partial charge in [0, 0.05) is 24.6 Å². The molecule has 25 heavy (non-hydrogen) atoms. The molecule has 2 N–H and O–H groups in total. The predicted octanol–water partition coefficient (Wildman–Crippen LogP) is 3.41. The zero-order valence-electron chi connectivity index (χ0n) is 14.4. The first-order valence-electron chi connectivity index (χ1n) is 8.93. The van der Waals surface area contributed by atoms with Crippen molar-refractivity contribution in [3.05, 3.63) is 70.8 Å². The zero-order chi connectivity index (χ0) is 16.5. The van der Waals surface area contributed by atoms with Crippen molar-refractivity contribution in [3.8, 4) is 0 Å². The van der Waals surface area contributed by atoms with Crippen LogP contribution in [-0.4, -0.2) is 30.4 Å². The van der Waals surface area contributed by atoms with Gasteiger partial charge in [-0.25, -0.2) is 0 Å². The number of aryl methyl sites for hydroxylation is 1. The molecule has 1 fully saturated rings. The number of carbonyl (C=O) groups excluding carboxylic acids is 1. The Kier molecular flexibility index (Phi) is 5.45. The number of nitrogens with two attached hydrogens (primary N) is 1. The normalized spacial score (nSPS) is 21.7. The number of halogens is 1. The first-order valence-corrected chi connectivity index (χ1v) is 8.93. The van der Waals surface area contributed by atoms with Crippen LogP contribution in [-0.2, 0) is 12.8 Å². The van der Waals surface area contributed by atoms with Crippen LogP contribution in [0.25, 0.3) is 0 Å². The minimum atomic E-state index is 0. The highest BCUT2D eigenvalue weighted by Crippen LogP contribution is 2.34. The summed E-state index contributed by atoms with van der Waals surface area (Å²) in [6.07, 6.45) is 3.31. The molecule has 1 heterocycles. The third-order valence-corrected chi connectivity index (χ3v) is 5.64. The Labute approximate surface area is 155 Å². The topological polar surface area (TPSA) is 46.3 Å². The number of nitrogens with zero attached hydrogens (tertiary/aromatic N) is 1. The summed E-state index contributed by atoms with van der Waals surface area (Å²) in [5, 5.41) is 0. The first-order chi connectivity index (χ1) is 11.8. The third-order valence-electron chi connectivity index (χ3n) is 5.64. The highest BCUT2D eigenvalue weighted by Gasteiger charge is 2.36. The molecular formula is C21H25ClN2O. The van der Waals surface area contributed by atoms with E-state index in [2.05, 4.69) is 30.3 Å². The van der Waals surface area contributed by atoms with E-state index in [0.29, 0.717) is 18.4 Å². The van der Waals surface area contributed by atoms with Crippen LogP contribution in [0, 0.1) is 5.92 Å². The van der Waals surface area contributed by atoms with Crippen LogP contribution in [0.15, 0.2) is 48.5 Å². The fourth-order valence-corrected chi connectivity index (χ4v) is 4.34. The number of amides is 1. The van der Waals surface area contributed by atoms with E-state index in [1.54, 1.807) is 0 Å². The van der Waals surface area contributed by atoms with Crippen LogP contribution in [0.3, 0.4) is 0 Å². The molecule has 0 aromatic heterocycles. The molecule has 0 saturated carbocycles. The maximum atomic E-state index is 13.1. The maximum Gasteiger partial charge on any atom is 0.254 e. The zero-order valence-corrected chi connectivity index (χ0v) is 15.2. The van der Waals surface area contributed by atoms with Crippen LogP contribution in [0.1, 0.15) is 39.4 Å². The van der Waals surface area contributed by atoms with E-state index in [1.807, 2.05) is 23.1 Å². The average molecular weight is 357 g/mol. The molecule has 1 aliphatic carbocycles. The summed E-state index contributed by atoms with van der Waals surface area (Å²) in [6.45, 7) is 2.16. The Morgan fingerprint density at radius 3 is 2.60 bits per heavy atom. The van der Waals surface area contributed by atoms with Crippen LogP contribution in [0.5, 0.6) is 0 Å². The Morgan fingerprint density at radius 2 is 1.84 bits per heavy atom. The van der Waals surface area contributed by atoms with Crippen molar-refractivity contribution < 1.29 is 4.79 Å². The Balaban J connectivity index is 0.00000182. The van der Waals surface area contributed by atoms with Gasteiger partial charge in [-0.3, -0.25) is 4.79 Å². The second-order valence-electron chi connectivity index (χ2n) is 7.02. The minimum Gasteiger partial charge on any atom is -0.338 e. The molecule has 0 radical (unpaired) electrons. The summed E-state index contributed by atoms with van der Waals surface area (Å²) in [5.74, 6) is 0.871. The van der Waals surface area contributed by atoms with E-state index in [4.69, 9.17) is 5.73 Å². The molecule has 3 nitrogen and oxygen atoms in total. The fraction of sp³-hybridized carbons (Fsp3) is 0.381. The Morgan fingerprint density at radius 1 is 1.04 bits per heavy atom. The van der Waals surface area contributed by atoms with E-state index >= 15 is 0 Å². The van der Waals surface area contributed by atoms with E-state index in [1.165, 1.54) is 16.7 Å². The molecule has 2 atom stereocenters. The number of fused-ring (bicyclic) bond motifs is 1. The van der Waals surface area contributed by atoms with Crippen molar-refractivity contribution in [3.63, 3.8) is 0 Å². The van der Waals surface area contributed by atoms with Gasteiger partial charge in [0.1, 0.15) is 0 Å². The molecule has 132 valence electrons. The molecule has 0 bridgehead atoms. The van der Waals surface area contributed by atoms with E-state index in [0.717, 1.165) is 37.9 Å². The number of hydrogen-bond donors (Lipinski definition) is 1. The number of carbonyl (C=O) groups is 1. The van der Waals surface area contributed by atoms with Crippen molar-refractivity contribution in [1.82, 2.24) is 4.90 Å². The number of likely N-dealkylation sites (tertiary alicyclic amines) is 1. The third kappa shape index (κ3) is 3.31. The van der Waals surface area contributed by atoms with Gasteiger partial charge in [0.05, 0.1) is 0 Å². The van der Waals surface area contributed by atoms with Gasteiger partial charge in [0.15, 0.2) is 0 Å². The number of hydrogen-bond acceptors (Lipinski definition) is 2. The first kappa shape index (κ1) is 18.0. The average Bonchev–Trinajstić information content (AvgIpc) is 3.28. The lowest BCUT2D eigenvalue weighted by atomic mass is 9.89. The molecule has 1 aliphatic heterocycles. The SMILES string of the molecule is Cl.NC[C@@H]1CN(C(=O)c2cccc3c2CCC3)C[C@H]1c1ccccc1. The quantitative estimate of drug-likeness (QED) is 0.916. The standard InChI is InChI=1S/C21H24N2O.ClH/c22-12-17-13-23(14-20(17)16-6-2-1-3-7-16)21(24)19-11-5-9-15-8-4-10-18(15)19;/h1-3,5-7,9,11,17,20H,4,8,10,12-14,22H2;1H/t17-,20+;/m1./s1. The Bertz CT molecular complexity index is 747. The van der Waals surface area contributed by atoms with Gasteiger partial charge in [-0.15, -0.1) is 12.4 Å². The summed E-state index contributed by atoms with van der Waals surface area (Å²) in [5.41, 5.74) is 10.8. The molecule has 0 unspecified atom stereocenters. The lowest BCUT2D eigenvalue weighted by Crippen LogP contribution is -2.30. The maximum absolute atomic E-state index is 13.1. The number of rotatable bonds is 3. The van der Waals surface area contributed by atoms with Gasteiger partial charge in [-0.05, 0) is 54.5 Å². The van der Waals surface area contributed by atoms with Crippen molar-refractivity contribution in [1.29, 1.82) is 0 Å². The van der Waals surface area contributed by atoms with Crippen LogP contribution in [0.4, 0.5) is 0 Å². The van der Waals surface area contributed by atoms with Crippen molar-refractivity contribution in [2.45, 2.75) is 25.2 Å². The van der Waals surface area contributed by atoms with E-state index in [-0.39, 0.29) is 18.3 Å².